The second kappa shape index (κ2) is 5.98. The summed E-state index contributed by atoms with van der Waals surface area (Å²) in [5, 5.41) is 3.54. The summed E-state index contributed by atoms with van der Waals surface area (Å²) in [6.07, 6.45) is 2.65. The molecule has 17 heavy (non-hydrogen) atoms. The van der Waals surface area contributed by atoms with E-state index in [4.69, 9.17) is 0 Å². The number of rotatable bonds is 4. The van der Waals surface area contributed by atoms with E-state index in [1.165, 1.54) is 35.0 Å². The van der Waals surface area contributed by atoms with Crippen molar-refractivity contribution in [3.8, 4) is 0 Å². The molecule has 2 rings (SSSR count). The molecule has 0 spiro atoms. The van der Waals surface area contributed by atoms with Gasteiger partial charge in [0, 0.05) is 23.6 Å². The van der Waals surface area contributed by atoms with Crippen LogP contribution in [0.1, 0.15) is 24.0 Å². The minimum atomic E-state index is 0.691. The fraction of sp³-hybridized carbons (Fsp3) is 0.571. The van der Waals surface area contributed by atoms with Crippen molar-refractivity contribution in [1.29, 1.82) is 0 Å². The van der Waals surface area contributed by atoms with E-state index in [0.717, 1.165) is 13.1 Å². The van der Waals surface area contributed by atoms with Crippen molar-refractivity contribution in [2.24, 2.45) is 0 Å². The maximum Gasteiger partial charge on any atom is 0.0231 e. The lowest BCUT2D eigenvalue weighted by Gasteiger charge is -2.21. The number of nitrogens with one attached hydrogen (secondary N) is 1. The van der Waals surface area contributed by atoms with Crippen LogP contribution >= 0.6 is 15.9 Å². The highest BCUT2D eigenvalue weighted by Gasteiger charge is 2.15. The van der Waals surface area contributed by atoms with Gasteiger partial charge in [0.05, 0.1) is 0 Å². The van der Waals surface area contributed by atoms with Gasteiger partial charge in [-0.3, -0.25) is 0 Å². The van der Waals surface area contributed by atoms with Gasteiger partial charge < -0.3 is 10.2 Å². The summed E-state index contributed by atoms with van der Waals surface area (Å²) < 4.78 is 1.20. The molecular formula is C14H21BrN2. The molecule has 1 saturated heterocycles. The standard InChI is InChI=1S/C14H21BrN2/c1-11-8-12(5-6-14(11)15)9-17(2)10-13-4-3-7-16-13/h5-6,8,13,16H,3-4,7,9-10H2,1-2H3. The first kappa shape index (κ1) is 13.1. The maximum absolute atomic E-state index is 3.54. The van der Waals surface area contributed by atoms with Crippen LogP contribution in [-0.4, -0.2) is 31.1 Å². The average molecular weight is 297 g/mol. The third-order valence-corrected chi connectivity index (χ3v) is 4.26. The Bertz CT molecular complexity index is 372. The molecule has 0 amide bonds. The van der Waals surface area contributed by atoms with Gasteiger partial charge in [0.1, 0.15) is 0 Å². The summed E-state index contributed by atoms with van der Waals surface area (Å²) in [6.45, 7) is 5.52. The number of hydrogen-bond donors (Lipinski definition) is 1. The molecule has 0 bridgehead atoms. The first-order valence-electron chi connectivity index (χ1n) is 6.32. The molecule has 1 atom stereocenters. The largest absolute Gasteiger partial charge is 0.313 e. The zero-order valence-corrected chi connectivity index (χ0v) is 12.3. The Hall–Kier alpha value is -0.380. The molecule has 2 nitrogen and oxygen atoms in total. The fourth-order valence-corrected chi connectivity index (χ4v) is 2.72. The van der Waals surface area contributed by atoms with Crippen molar-refractivity contribution >= 4 is 15.9 Å². The van der Waals surface area contributed by atoms with Gasteiger partial charge in [-0.1, -0.05) is 28.1 Å². The molecular weight excluding hydrogens is 276 g/mol. The number of aryl methyl sites for hydroxylation is 1. The lowest BCUT2D eigenvalue weighted by atomic mass is 10.1. The predicted molar refractivity (Wildman–Crippen MR) is 76.2 cm³/mol. The molecule has 1 aromatic carbocycles. The number of hydrogen-bond acceptors (Lipinski definition) is 2. The predicted octanol–water partition coefficient (Wildman–Crippen LogP) is 2.94. The van der Waals surface area contributed by atoms with E-state index in [0.29, 0.717) is 6.04 Å². The van der Waals surface area contributed by atoms with Crippen LogP contribution < -0.4 is 5.32 Å². The monoisotopic (exact) mass is 296 g/mol. The molecule has 1 fully saturated rings. The Morgan fingerprint density at radius 3 is 2.94 bits per heavy atom. The third-order valence-electron chi connectivity index (χ3n) is 3.37. The zero-order valence-electron chi connectivity index (χ0n) is 10.7. The topological polar surface area (TPSA) is 15.3 Å². The highest BCUT2D eigenvalue weighted by molar-refractivity contribution is 9.10. The van der Waals surface area contributed by atoms with Crippen molar-refractivity contribution in [2.45, 2.75) is 32.4 Å². The summed E-state index contributed by atoms with van der Waals surface area (Å²) in [5.74, 6) is 0. The van der Waals surface area contributed by atoms with Gasteiger partial charge in [0.2, 0.25) is 0 Å². The Balaban J connectivity index is 1.88. The van der Waals surface area contributed by atoms with E-state index < -0.39 is 0 Å². The normalized spacial score (nSPS) is 20.1. The van der Waals surface area contributed by atoms with Crippen LogP contribution in [0.4, 0.5) is 0 Å². The van der Waals surface area contributed by atoms with Crippen LogP contribution in [0.2, 0.25) is 0 Å². The van der Waals surface area contributed by atoms with E-state index in [-0.39, 0.29) is 0 Å². The van der Waals surface area contributed by atoms with Crippen molar-refractivity contribution in [1.82, 2.24) is 10.2 Å². The highest BCUT2D eigenvalue weighted by Crippen LogP contribution is 2.18. The van der Waals surface area contributed by atoms with E-state index >= 15 is 0 Å². The second-order valence-corrected chi connectivity index (χ2v) is 5.93. The Kier molecular flexibility index (Phi) is 4.60. The van der Waals surface area contributed by atoms with Gasteiger partial charge in [-0.05, 0) is 50.6 Å². The molecule has 1 N–H and O–H groups in total. The summed E-state index contributed by atoms with van der Waals surface area (Å²) >= 11 is 3.54. The SMILES string of the molecule is Cc1cc(CN(C)CC2CCCN2)ccc1Br. The molecule has 0 saturated carbocycles. The van der Waals surface area contributed by atoms with Gasteiger partial charge in [0.15, 0.2) is 0 Å². The lowest BCUT2D eigenvalue weighted by molar-refractivity contribution is 0.293. The Morgan fingerprint density at radius 2 is 2.29 bits per heavy atom. The minimum Gasteiger partial charge on any atom is -0.313 e. The van der Waals surface area contributed by atoms with Crippen LogP contribution in [0.3, 0.4) is 0 Å². The van der Waals surface area contributed by atoms with Crippen LogP contribution in [-0.2, 0) is 6.54 Å². The summed E-state index contributed by atoms with van der Waals surface area (Å²) in [7, 11) is 2.21. The van der Waals surface area contributed by atoms with Crippen molar-refractivity contribution in [3.63, 3.8) is 0 Å². The van der Waals surface area contributed by atoms with Gasteiger partial charge >= 0.3 is 0 Å². The van der Waals surface area contributed by atoms with Crippen molar-refractivity contribution < 1.29 is 0 Å². The molecule has 0 aliphatic carbocycles. The van der Waals surface area contributed by atoms with Gasteiger partial charge in [-0.25, -0.2) is 0 Å². The molecule has 1 unspecified atom stereocenters. The number of nitrogens with zero attached hydrogens (tertiary/aromatic N) is 1. The van der Waals surface area contributed by atoms with E-state index in [2.05, 4.69) is 58.3 Å². The third kappa shape index (κ3) is 3.80. The van der Waals surface area contributed by atoms with Crippen molar-refractivity contribution in [3.05, 3.63) is 33.8 Å². The van der Waals surface area contributed by atoms with E-state index in [9.17, 15) is 0 Å². The van der Waals surface area contributed by atoms with E-state index in [1.807, 2.05) is 0 Å². The Labute approximate surface area is 113 Å². The molecule has 0 aromatic heterocycles. The van der Waals surface area contributed by atoms with Gasteiger partial charge in [0.25, 0.3) is 0 Å². The molecule has 1 aromatic rings. The lowest BCUT2D eigenvalue weighted by Crippen LogP contribution is -2.34. The Morgan fingerprint density at radius 1 is 1.47 bits per heavy atom. The average Bonchev–Trinajstić information content (AvgIpc) is 2.76. The zero-order chi connectivity index (χ0) is 12.3. The number of likely N-dealkylation sites (N-methyl/N-ethyl adjacent to an activating group) is 1. The van der Waals surface area contributed by atoms with E-state index in [1.54, 1.807) is 0 Å². The van der Waals surface area contributed by atoms with Gasteiger partial charge in [-0.2, -0.15) is 0 Å². The second-order valence-electron chi connectivity index (χ2n) is 5.07. The molecule has 1 aliphatic rings. The summed E-state index contributed by atoms with van der Waals surface area (Å²) in [6, 6.07) is 7.31. The van der Waals surface area contributed by atoms with Crippen LogP contribution in [0.15, 0.2) is 22.7 Å². The first-order chi connectivity index (χ1) is 8.15. The molecule has 1 aliphatic heterocycles. The highest BCUT2D eigenvalue weighted by atomic mass is 79.9. The van der Waals surface area contributed by atoms with Crippen molar-refractivity contribution in [2.75, 3.05) is 20.1 Å². The first-order valence-corrected chi connectivity index (χ1v) is 7.11. The molecule has 1 heterocycles. The fourth-order valence-electron chi connectivity index (χ4n) is 2.47. The minimum absolute atomic E-state index is 0.691. The molecule has 0 radical (unpaired) electrons. The smallest absolute Gasteiger partial charge is 0.0231 e. The maximum atomic E-state index is 3.54. The molecule has 3 heteroatoms. The summed E-state index contributed by atoms with van der Waals surface area (Å²) in [4.78, 5) is 2.41. The summed E-state index contributed by atoms with van der Waals surface area (Å²) in [5.41, 5.74) is 2.71. The van der Waals surface area contributed by atoms with Crippen LogP contribution in [0.25, 0.3) is 0 Å². The van der Waals surface area contributed by atoms with Crippen LogP contribution in [0, 0.1) is 6.92 Å². The molecule has 94 valence electrons. The number of halogens is 1. The van der Waals surface area contributed by atoms with Crippen LogP contribution in [0.5, 0.6) is 0 Å². The quantitative estimate of drug-likeness (QED) is 0.919. The van der Waals surface area contributed by atoms with Gasteiger partial charge in [-0.15, -0.1) is 0 Å². The number of benzene rings is 1.